The Hall–Kier alpha value is -1.18. The van der Waals surface area contributed by atoms with Crippen molar-refractivity contribution in [3.8, 4) is 6.07 Å². The number of nitriles is 1. The Morgan fingerprint density at radius 2 is 2.31 bits per heavy atom. The highest BCUT2D eigenvalue weighted by molar-refractivity contribution is 7.14. The zero-order chi connectivity index (χ0) is 12.0. The number of carbonyl (C=O) groups excluding carboxylic acids is 1. The summed E-state index contributed by atoms with van der Waals surface area (Å²) in [5.74, 6) is 0.151. The number of likely N-dealkylation sites (N-methyl/N-ethyl adjacent to an activating group) is 1. The molecule has 0 spiro atoms. The topological polar surface area (TPSA) is 44.1 Å². The standard InChI is InChI=1S/C12H16N2OS/c1-3-14(8-4-7-13)9-11(15)12-6-5-10(2)16-12/h5-6H,3-4,8-9H2,1-2H3. The van der Waals surface area contributed by atoms with Gasteiger partial charge in [0.05, 0.1) is 17.5 Å². The van der Waals surface area contributed by atoms with Gasteiger partial charge in [0.1, 0.15) is 0 Å². The van der Waals surface area contributed by atoms with Crippen molar-refractivity contribution in [3.63, 3.8) is 0 Å². The normalized spacial score (nSPS) is 10.4. The van der Waals surface area contributed by atoms with Gasteiger partial charge in [-0.1, -0.05) is 6.92 Å². The molecule has 0 aliphatic heterocycles. The van der Waals surface area contributed by atoms with Crippen LogP contribution >= 0.6 is 11.3 Å². The van der Waals surface area contributed by atoms with E-state index in [1.807, 2.05) is 30.9 Å². The Labute approximate surface area is 100 Å². The van der Waals surface area contributed by atoms with E-state index >= 15 is 0 Å². The second kappa shape index (κ2) is 6.41. The Kier molecular flexibility index (Phi) is 5.17. The van der Waals surface area contributed by atoms with Crippen molar-refractivity contribution >= 4 is 17.1 Å². The van der Waals surface area contributed by atoms with Crippen LogP contribution in [0.25, 0.3) is 0 Å². The van der Waals surface area contributed by atoms with E-state index in [9.17, 15) is 4.79 Å². The van der Waals surface area contributed by atoms with Gasteiger partial charge in [-0.05, 0) is 25.6 Å². The molecule has 0 fully saturated rings. The lowest BCUT2D eigenvalue weighted by molar-refractivity contribution is 0.0939. The minimum Gasteiger partial charge on any atom is -0.295 e. The molecule has 0 aliphatic rings. The molecule has 86 valence electrons. The van der Waals surface area contributed by atoms with Gasteiger partial charge < -0.3 is 0 Å². The summed E-state index contributed by atoms with van der Waals surface area (Å²) in [6, 6.07) is 5.94. The Morgan fingerprint density at radius 1 is 1.56 bits per heavy atom. The summed E-state index contributed by atoms with van der Waals surface area (Å²) >= 11 is 1.53. The molecule has 1 aromatic rings. The number of rotatable bonds is 6. The lowest BCUT2D eigenvalue weighted by Crippen LogP contribution is -2.30. The number of thiophene rings is 1. The molecule has 1 heterocycles. The van der Waals surface area contributed by atoms with E-state index in [0.717, 1.165) is 16.3 Å². The average Bonchev–Trinajstić information content (AvgIpc) is 2.70. The van der Waals surface area contributed by atoms with E-state index in [1.165, 1.54) is 11.3 Å². The molecule has 0 unspecified atom stereocenters. The minimum absolute atomic E-state index is 0.151. The smallest absolute Gasteiger partial charge is 0.186 e. The van der Waals surface area contributed by atoms with Crippen molar-refractivity contribution in [2.75, 3.05) is 19.6 Å². The van der Waals surface area contributed by atoms with Crippen LogP contribution in [-0.2, 0) is 0 Å². The van der Waals surface area contributed by atoms with Crippen LogP contribution in [0.15, 0.2) is 12.1 Å². The molecule has 0 aromatic carbocycles. The molecule has 0 saturated carbocycles. The molecule has 3 nitrogen and oxygen atoms in total. The van der Waals surface area contributed by atoms with Gasteiger partial charge in [-0.25, -0.2) is 0 Å². The van der Waals surface area contributed by atoms with E-state index in [-0.39, 0.29) is 5.78 Å². The number of ketones is 1. The van der Waals surface area contributed by atoms with Crippen molar-refractivity contribution in [3.05, 3.63) is 21.9 Å². The molecule has 0 bridgehead atoms. The van der Waals surface area contributed by atoms with Crippen LogP contribution in [0, 0.1) is 18.3 Å². The molecule has 0 radical (unpaired) electrons. The van der Waals surface area contributed by atoms with Crippen LogP contribution in [0.5, 0.6) is 0 Å². The third kappa shape index (κ3) is 3.76. The molecule has 0 atom stereocenters. The predicted octanol–water partition coefficient (Wildman–Crippen LogP) is 2.47. The monoisotopic (exact) mass is 236 g/mol. The molecule has 0 amide bonds. The SMILES string of the molecule is CCN(CCC#N)CC(=O)c1ccc(C)s1. The quantitative estimate of drug-likeness (QED) is 0.713. The van der Waals surface area contributed by atoms with E-state index in [1.54, 1.807) is 0 Å². The first-order valence-electron chi connectivity index (χ1n) is 5.36. The number of hydrogen-bond acceptors (Lipinski definition) is 4. The summed E-state index contributed by atoms with van der Waals surface area (Å²) in [5.41, 5.74) is 0. The lowest BCUT2D eigenvalue weighted by atomic mass is 10.3. The van der Waals surface area contributed by atoms with Crippen molar-refractivity contribution in [1.82, 2.24) is 4.90 Å². The largest absolute Gasteiger partial charge is 0.295 e. The summed E-state index contributed by atoms with van der Waals surface area (Å²) in [7, 11) is 0. The first kappa shape index (κ1) is 12.9. The van der Waals surface area contributed by atoms with Gasteiger partial charge in [0, 0.05) is 17.8 Å². The number of carbonyl (C=O) groups is 1. The highest BCUT2D eigenvalue weighted by Crippen LogP contribution is 2.15. The molecule has 4 heteroatoms. The van der Waals surface area contributed by atoms with E-state index in [4.69, 9.17) is 5.26 Å². The van der Waals surface area contributed by atoms with Gasteiger partial charge in [-0.3, -0.25) is 9.69 Å². The second-order valence-corrected chi connectivity index (χ2v) is 4.90. The van der Waals surface area contributed by atoms with Gasteiger partial charge in [0.15, 0.2) is 5.78 Å². The van der Waals surface area contributed by atoms with Gasteiger partial charge in [0.2, 0.25) is 0 Å². The fraction of sp³-hybridized carbons (Fsp3) is 0.500. The lowest BCUT2D eigenvalue weighted by Gasteiger charge is -2.17. The first-order valence-corrected chi connectivity index (χ1v) is 6.18. The summed E-state index contributed by atoms with van der Waals surface area (Å²) in [4.78, 5) is 15.8. The maximum absolute atomic E-state index is 11.9. The van der Waals surface area contributed by atoms with E-state index < -0.39 is 0 Å². The Morgan fingerprint density at radius 3 is 2.81 bits per heavy atom. The van der Waals surface area contributed by atoms with Crippen LogP contribution in [0.4, 0.5) is 0 Å². The second-order valence-electron chi connectivity index (χ2n) is 3.61. The highest BCUT2D eigenvalue weighted by atomic mass is 32.1. The zero-order valence-electron chi connectivity index (χ0n) is 9.69. The summed E-state index contributed by atoms with van der Waals surface area (Å²) in [5, 5.41) is 8.51. The fourth-order valence-corrected chi connectivity index (χ4v) is 2.22. The van der Waals surface area contributed by atoms with Crippen LogP contribution in [0.1, 0.15) is 27.9 Å². The molecule has 16 heavy (non-hydrogen) atoms. The van der Waals surface area contributed by atoms with Gasteiger partial charge in [-0.2, -0.15) is 5.26 Å². The maximum atomic E-state index is 11.9. The van der Waals surface area contributed by atoms with Crippen LogP contribution in [0.2, 0.25) is 0 Å². The molecule has 0 saturated heterocycles. The summed E-state index contributed by atoms with van der Waals surface area (Å²) < 4.78 is 0. The first-order chi connectivity index (χ1) is 7.67. The minimum atomic E-state index is 0.151. The highest BCUT2D eigenvalue weighted by Gasteiger charge is 2.12. The molecular formula is C12H16N2OS. The van der Waals surface area contributed by atoms with Crippen LogP contribution < -0.4 is 0 Å². The number of Topliss-reactive ketones (excluding diaryl/α,β-unsaturated/α-hetero) is 1. The fourth-order valence-electron chi connectivity index (χ4n) is 1.42. The third-order valence-electron chi connectivity index (χ3n) is 2.37. The number of hydrogen-bond donors (Lipinski definition) is 0. The Balaban J connectivity index is 2.52. The Bertz CT molecular complexity index is 392. The number of nitrogens with zero attached hydrogens (tertiary/aromatic N) is 2. The van der Waals surface area contributed by atoms with Crippen molar-refractivity contribution in [1.29, 1.82) is 5.26 Å². The molecule has 0 N–H and O–H groups in total. The predicted molar refractivity (Wildman–Crippen MR) is 65.7 cm³/mol. The molecule has 0 aliphatic carbocycles. The van der Waals surface area contributed by atoms with Crippen LogP contribution in [0.3, 0.4) is 0 Å². The summed E-state index contributed by atoms with van der Waals surface area (Å²) in [6.45, 7) is 5.89. The zero-order valence-corrected chi connectivity index (χ0v) is 10.5. The van der Waals surface area contributed by atoms with E-state index in [2.05, 4.69) is 6.07 Å². The summed E-state index contributed by atoms with van der Waals surface area (Å²) in [6.07, 6.45) is 0.477. The third-order valence-corrected chi connectivity index (χ3v) is 3.41. The van der Waals surface area contributed by atoms with E-state index in [0.29, 0.717) is 19.5 Å². The molecular weight excluding hydrogens is 220 g/mol. The van der Waals surface area contributed by atoms with Crippen molar-refractivity contribution in [2.45, 2.75) is 20.3 Å². The molecule has 1 aromatic heterocycles. The molecule has 1 rings (SSSR count). The van der Waals surface area contributed by atoms with Crippen molar-refractivity contribution in [2.24, 2.45) is 0 Å². The van der Waals surface area contributed by atoms with Gasteiger partial charge in [-0.15, -0.1) is 11.3 Å². The average molecular weight is 236 g/mol. The van der Waals surface area contributed by atoms with Crippen LogP contribution in [-0.4, -0.2) is 30.3 Å². The maximum Gasteiger partial charge on any atom is 0.186 e. The van der Waals surface area contributed by atoms with Gasteiger partial charge >= 0.3 is 0 Å². The van der Waals surface area contributed by atoms with Gasteiger partial charge in [0.25, 0.3) is 0 Å². The van der Waals surface area contributed by atoms with Crippen molar-refractivity contribution < 1.29 is 4.79 Å². The number of aryl methyl sites for hydroxylation is 1.